The van der Waals surface area contributed by atoms with Gasteiger partial charge < -0.3 is 18.8 Å². The molecule has 0 atom stereocenters. The number of benzene rings is 12. The van der Waals surface area contributed by atoms with Gasteiger partial charge in [0.15, 0.2) is 0 Å². The molecule has 13 aromatic rings. The summed E-state index contributed by atoms with van der Waals surface area (Å²) in [6.07, 6.45) is 0. The van der Waals surface area contributed by atoms with Crippen LogP contribution in [0.3, 0.4) is 0 Å². The van der Waals surface area contributed by atoms with E-state index in [4.69, 9.17) is 13.9 Å². The van der Waals surface area contributed by atoms with Gasteiger partial charge in [0.05, 0.1) is 16.5 Å². The Morgan fingerprint density at radius 1 is 0.269 bits per heavy atom. The SMILES string of the molecule is c1cc(-c2ccc3c(c2)C2(c4ccccc4Oc4ccccc42)c2ccccc2-3)cc(N(c2ccc(-c3ccc4c(c3)oc3ccccc34)cc2)c2cccc3c2-c2ccccc2C32c3ccccc3Oc3ccccc32)c1. The summed E-state index contributed by atoms with van der Waals surface area (Å²) < 4.78 is 19.8. The zero-order valence-corrected chi connectivity index (χ0v) is 42.2. The van der Waals surface area contributed by atoms with E-state index in [1.807, 2.05) is 12.1 Å². The van der Waals surface area contributed by atoms with Gasteiger partial charge in [0.25, 0.3) is 0 Å². The smallest absolute Gasteiger partial charge is 0.136 e. The van der Waals surface area contributed by atoms with Crippen molar-refractivity contribution in [3.05, 3.63) is 317 Å². The maximum absolute atomic E-state index is 6.75. The van der Waals surface area contributed by atoms with Gasteiger partial charge in [0, 0.05) is 50.0 Å². The number of hydrogen-bond donors (Lipinski definition) is 0. The molecule has 4 nitrogen and oxygen atoms in total. The second-order valence-electron chi connectivity index (χ2n) is 21.0. The van der Waals surface area contributed by atoms with E-state index in [9.17, 15) is 0 Å². The predicted octanol–water partition coefficient (Wildman–Crippen LogP) is 19.3. The zero-order valence-electron chi connectivity index (χ0n) is 42.2. The minimum atomic E-state index is -0.626. The quantitative estimate of drug-likeness (QED) is 0.172. The van der Waals surface area contributed by atoms with Gasteiger partial charge in [-0.3, -0.25) is 0 Å². The second-order valence-corrected chi connectivity index (χ2v) is 21.0. The summed E-state index contributed by atoms with van der Waals surface area (Å²) in [4.78, 5) is 2.47. The number of fused-ring (bicyclic) bond motifs is 21. The molecule has 0 amide bonds. The molecule has 0 fully saturated rings. The molecule has 0 radical (unpaired) electrons. The van der Waals surface area contributed by atoms with Crippen molar-refractivity contribution in [3.63, 3.8) is 0 Å². The van der Waals surface area contributed by atoms with E-state index in [-0.39, 0.29) is 0 Å². The fourth-order valence-corrected chi connectivity index (χ4v) is 14.1. The summed E-state index contributed by atoms with van der Waals surface area (Å²) in [7, 11) is 0. The van der Waals surface area contributed by atoms with Crippen LogP contribution in [-0.4, -0.2) is 0 Å². The van der Waals surface area contributed by atoms with Crippen molar-refractivity contribution in [1.82, 2.24) is 0 Å². The molecule has 12 aromatic carbocycles. The molecule has 2 aliphatic carbocycles. The van der Waals surface area contributed by atoms with Crippen LogP contribution in [-0.2, 0) is 10.8 Å². The van der Waals surface area contributed by atoms with Crippen molar-refractivity contribution in [1.29, 1.82) is 0 Å². The fraction of sp³-hybridized carbons (Fsp3) is 0.0270. The van der Waals surface area contributed by atoms with E-state index >= 15 is 0 Å². The molecule has 0 unspecified atom stereocenters. The molecule has 2 spiro atoms. The predicted molar refractivity (Wildman–Crippen MR) is 314 cm³/mol. The molecule has 17 rings (SSSR count). The van der Waals surface area contributed by atoms with Crippen LogP contribution in [0.15, 0.2) is 277 Å². The molecule has 0 saturated heterocycles. The van der Waals surface area contributed by atoms with Crippen molar-refractivity contribution in [2.75, 3.05) is 4.90 Å². The monoisotopic (exact) mass is 995 g/mol. The summed E-state index contributed by atoms with van der Waals surface area (Å²) >= 11 is 0. The van der Waals surface area contributed by atoms with E-state index in [0.29, 0.717) is 0 Å². The highest BCUT2D eigenvalue weighted by Gasteiger charge is 2.53. The van der Waals surface area contributed by atoms with Gasteiger partial charge in [-0.15, -0.1) is 0 Å². The van der Waals surface area contributed by atoms with Crippen LogP contribution in [0.5, 0.6) is 23.0 Å². The minimum Gasteiger partial charge on any atom is -0.457 e. The van der Waals surface area contributed by atoms with Crippen LogP contribution >= 0.6 is 0 Å². The normalized spacial score (nSPS) is 14.1. The number of para-hydroxylation sites is 5. The number of rotatable bonds is 5. The molecule has 4 aliphatic rings. The Kier molecular flexibility index (Phi) is 8.94. The summed E-state index contributed by atoms with van der Waals surface area (Å²) in [5.41, 5.74) is 22.7. The lowest BCUT2D eigenvalue weighted by atomic mass is 9.66. The lowest BCUT2D eigenvalue weighted by molar-refractivity contribution is 0.436. The number of hydrogen-bond acceptors (Lipinski definition) is 4. The van der Waals surface area contributed by atoms with Crippen LogP contribution in [0.4, 0.5) is 17.1 Å². The first-order valence-electron chi connectivity index (χ1n) is 26.8. The number of nitrogens with zero attached hydrogens (tertiary/aromatic N) is 1. The van der Waals surface area contributed by atoms with Crippen LogP contribution < -0.4 is 14.4 Å². The maximum atomic E-state index is 6.75. The molecule has 4 heteroatoms. The fourth-order valence-electron chi connectivity index (χ4n) is 14.1. The summed E-state index contributed by atoms with van der Waals surface area (Å²) in [5, 5.41) is 2.25. The van der Waals surface area contributed by atoms with Crippen LogP contribution in [0.2, 0.25) is 0 Å². The molecule has 364 valence electrons. The highest BCUT2D eigenvalue weighted by molar-refractivity contribution is 6.06. The average molecular weight is 996 g/mol. The van der Waals surface area contributed by atoms with Gasteiger partial charge in [0.2, 0.25) is 0 Å². The van der Waals surface area contributed by atoms with Crippen LogP contribution in [0, 0.1) is 0 Å². The van der Waals surface area contributed by atoms with Gasteiger partial charge in [-0.2, -0.15) is 0 Å². The standard InChI is InChI=1S/C74H45NO3/c1-4-22-57-52(19-1)53-41-37-48(44-64(53)74(57)61-26-8-13-33-69(61)78-70-34-14-9-27-62(70)74)47-17-15-18-51(43-47)75(50-39-35-46(36-40-50)49-38-42-55-54-20-3-10-30-66(54)76-71(55)45-49)65-29-16-28-63-72(65)56-21-2-5-23-58(56)73(63)59-24-6-11-31-67(59)77-68-32-12-7-25-60(68)73/h1-45H. The third-order valence-electron chi connectivity index (χ3n) is 17.2. The maximum Gasteiger partial charge on any atom is 0.136 e. The van der Waals surface area contributed by atoms with E-state index in [0.717, 1.165) is 107 Å². The molecule has 1 aromatic heterocycles. The van der Waals surface area contributed by atoms with Crippen molar-refractivity contribution >= 4 is 39.0 Å². The van der Waals surface area contributed by atoms with Gasteiger partial charge in [-0.05, 0) is 140 Å². The number of furan rings is 1. The van der Waals surface area contributed by atoms with Crippen molar-refractivity contribution in [2.24, 2.45) is 0 Å². The summed E-state index contributed by atoms with van der Waals surface area (Å²) in [5.74, 6) is 3.51. The first-order valence-corrected chi connectivity index (χ1v) is 26.8. The topological polar surface area (TPSA) is 34.8 Å². The molecule has 0 N–H and O–H groups in total. The van der Waals surface area contributed by atoms with E-state index in [1.165, 1.54) is 44.5 Å². The highest BCUT2D eigenvalue weighted by atomic mass is 16.5. The summed E-state index contributed by atoms with van der Waals surface area (Å²) in [6, 6.07) is 99.3. The first kappa shape index (κ1) is 43.1. The molecule has 0 saturated carbocycles. The number of anilines is 3. The third kappa shape index (κ3) is 5.78. The lowest BCUT2D eigenvalue weighted by Crippen LogP contribution is -2.32. The molecule has 3 heterocycles. The van der Waals surface area contributed by atoms with Crippen molar-refractivity contribution < 1.29 is 13.9 Å². The molecule has 78 heavy (non-hydrogen) atoms. The second kappa shape index (κ2) is 16.2. The minimum absolute atomic E-state index is 0.580. The molecule has 2 aliphatic heterocycles. The van der Waals surface area contributed by atoms with Crippen LogP contribution in [0.1, 0.15) is 44.5 Å². The van der Waals surface area contributed by atoms with Crippen molar-refractivity contribution in [3.8, 4) is 67.5 Å². The Morgan fingerprint density at radius 2 is 0.744 bits per heavy atom. The Hall–Kier alpha value is -10.2. The van der Waals surface area contributed by atoms with Crippen molar-refractivity contribution in [2.45, 2.75) is 10.8 Å². The Morgan fingerprint density at radius 3 is 1.42 bits per heavy atom. The Bertz CT molecular complexity index is 4570. The molecule has 0 bridgehead atoms. The summed E-state index contributed by atoms with van der Waals surface area (Å²) in [6.45, 7) is 0. The van der Waals surface area contributed by atoms with Gasteiger partial charge in [-0.25, -0.2) is 0 Å². The zero-order chi connectivity index (χ0) is 51.1. The first-order chi connectivity index (χ1) is 38.7. The van der Waals surface area contributed by atoms with E-state index in [1.54, 1.807) is 0 Å². The van der Waals surface area contributed by atoms with E-state index in [2.05, 4.69) is 266 Å². The largest absolute Gasteiger partial charge is 0.457 e. The van der Waals surface area contributed by atoms with Gasteiger partial charge >= 0.3 is 0 Å². The van der Waals surface area contributed by atoms with Crippen LogP contribution in [0.25, 0.3) is 66.4 Å². The lowest BCUT2D eigenvalue weighted by Gasteiger charge is -2.39. The number of ether oxygens (including phenoxy) is 2. The van der Waals surface area contributed by atoms with Gasteiger partial charge in [0.1, 0.15) is 34.2 Å². The average Bonchev–Trinajstić information content (AvgIpc) is 4.00. The Balaban J connectivity index is 0.873. The highest BCUT2D eigenvalue weighted by Crippen LogP contribution is 2.65. The Labute approximate surface area is 451 Å². The van der Waals surface area contributed by atoms with Gasteiger partial charge in [-0.1, -0.05) is 194 Å². The molecular formula is C74H45NO3. The molecular weight excluding hydrogens is 951 g/mol. The third-order valence-corrected chi connectivity index (χ3v) is 17.2. The van der Waals surface area contributed by atoms with E-state index < -0.39 is 10.8 Å².